The van der Waals surface area contributed by atoms with Crippen molar-refractivity contribution < 1.29 is 9.59 Å². The van der Waals surface area contributed by atoms with Crippen molar-refractivity contribution in [3.63, 3.8) is 0 Å². The molecule has 4 rings (SSSR count). The maximum atomic E-state index is 13.4. The summed E-state index contributed by atoms with van der Waals surface area (Å²) in [4.78, 5) is 29.3. The molecule has 2 aliphatic heterocycles. The first-order chi connectivity index (χ1) is 12.6. The summed E-state index contributed by atoms with van der Waals surface area (Å²) in [5, 5.41) is 2.71. The molecule has 4 aliphatic rings. The van der Waals surface area contributed by atoms with E-state index in [1.165, 1.54) is 24.8 Å². The zero-order valence-corrected chi connectivity index (χ0v) is 15.8. The second-order valence-electron chi connectivity index (χ2n) is 8.02. The standard InChI is InChI=1S/C21H29N3O2/c1-14-16-11-13-24(21(26)22-2)19(16)10-9-17(14)20(25)23-12-5-7-15-6-3-4-8-18(15)23/h5,9-10,12,14-15,17-18H,3-4,6-8,11,13H2,1-2H3,(H,22,26)/t14?,15-,17?,18?/m0/s1. The van der Waals surface area contributed by atoms with Crippen LogP contribution in [-0.2, 0) is 4.79 Å². The molecule has 0 aromatic rings. The monoisotopic (exact) mass is 355 g/mol. The van der Waals surface area contributed by atoms with Gasteiger partial charge in [0.2, 0.25) is 5.91 Å². The van der Waals surface area contributed by atoms with Gasteiger partial charge in [-0.3, -0.25) is 9.69 Å². The molecular weight excluding hydrogens is 326 g/mol. The van der Waals surface area contributed by atoms with E-state index >= 15 is 0 Å². The predicted molar refractivity (Wildman–Crippen MR) is 101 cm³/mol. The minimum atomic E-state index is -0.122. The van der Waals surface area contributed by atoms with E-state index in [0.717, 1.165) is 25.0 Å². The Morgan fingerprint density at radius 2 is 2.04 bits per heavy atom. The minimum Gasteiger partial charge on any atom is -0.341 e. The molecule has 5 nitrogen and oxygen atoms in total. The van der Waals surface area contributed by atoms with Crippen LogP contribution in [0.4, 0.5) is 4.79 Å². The summed E-state index contributed by atoms with van der Waals surface area (Å²) in [6.45, 7) is 2.84. The van der Waals surface area contributed by atoms with Gasteiger partial charge in [0.25, 0.3) is 0 Å². The molecule has 1 fully saturated rings. The van der Waals surface area contributed by atoms with Gasteiger partial charge in [0.15, 0.2) is 0 Å². The highest BCUT2D eigenvalue weighted by molar-refractivity contribution is 5.84. The van der Waals surface area contributed by atoms with E-state index in [1.54, 1.807) is 11.9 Å². The van der Waals surface area contributed by atoms with Crippen molar-refractivity contribution in [3.8, 4) is 0 Å². The van der Waals surface area contributed by atoms with Gasteiger partial charge in [-0.2, -0.15) is 0 Å². The van der Waals surface area contributed by atoms with Crippen molar-refractivity contribution in [1.82, 2.24) is 15.1 Å². The molecule has 0 bridgehead atoms. The third-order valence-electron chi connectivity index (χ3n) is 6.70. The highest BCUT2D eigenvalue weighted by Crippen LogP contribution is 2.41. The first-order valence-corrected chi connectivity index (χ1v) is 10.0. The average Bonchev–Trinajstić information content (AvgIpc) is 3.12. The van der Waals surface area contributed by atoms with Crippen molar-refractivity contribution in [2.24, 2.45) is 17.8 Å². The van der Waals surface area contributed by atoms with Gasteiger partial charge in [-0.25, -0.2) is 4.79 Å². The highest BCUT2D eigenvalue weighted by atomic mass is 16.2. The molecule has 0 aromatic heterocycles. The van der Waals surface area contributed by atoms with Gasteiger partial charge >= 0.3 is 6.03 Å². The molecule has 0 radical (unpaired) electrons. The predicted octanol–water partition coefficient (Wildman–Crippen LogP) is 3.41. The van der Waals surface area contributed by atoms with Crippen LogP contribution in [0.1, 0.15) is 45.4 Å². The van der Waals surface area contributed by atoms with Crippen molar-refractivity contribution in [2.75, 3.05) is 13.6 Å². The first kappa shape index (κ1) is 17.4. The number of nitrogens with one attached hydrogen (secondary N) is 1. The van der Waals surface area contributed by atoms with Crippen molar-refractivity contribution >= 4 is 11.9 Å². The van der Waals surface area contributed by atoms with Crippen LogP contribution in [0.5, 0.6) is 0 Å². The summed E-state index contributed by atoms with van der Waals surface area (Å²) in [6, 6.07) is 0.309. The van der Waals surface area contributed by atoms with E-state index in [-0.39, 0.29) is 23.8 Å². The summed E-state index contributed by atoms with van der Waals surface area (Å²) in [7, 11) is 1.66. The van der Waals surface area contributed by atoms with Gasteiger partial charge in [-0.05, 0) is 49.2 Å². The van der Waals surface area contributed by atoms with Crippen molar-refractivity contribution in [2.45, 2.75) is 51.5 Å². The SMILES string of the molecule is CNC(=O)N1CCC2=C1C=CC(C(=O)N1C=CC[C@@H]3CCCCC31)C2C. The second-order valence-corrected chi connectivity index (χ2v) is 8.02. The molecule has 2 heterocycles. The lowest BCUT2D eigenvalue weighted by Gasteiger charge is -2.42. The fourth-order valence-electron chi connectivity index (χ4n) is 5.23. The summed E-state index contributed by atoms with van der Waals surface area (Å²) in [6.07, 6.45) is 15.1. The normalized spacial score (nSPS) is 33.2. The van der Waals surface area contributed by atoms with Gasteiger partial charge < -0.3 is 10.2 Å². The molecule has 1 saturated carbocycles. The summed E-state index contributed by atoms with van der Waals surface area (Å²) >= 11 is 0. The summed E-state index contributed by atoms with van der Waals surface area (Å²) < 4.78 is 0. The Morgan fingerprint density at radius 3 is 2.85 bits per heavy atom. The number of allylic oxidation sites excluding steroid dienone is 2. The van der Waals surface area contributed by atoms with Crippen LogP contribution in [-0.4, -0.2) is 41.4 Å². The topological polar surface area (TPSA) is 52.7 Å². The van der Waals surface area contributed by atoms with Gasteiger partial charge in [-0.15, -0.1) is 0 Å². The number of carbonyl (C=O) groups is 2. The maximum Gasteiger partial charge on any atom is 0.321 e. The number of hydrogen-bond acceptors (Lipinski definition) is 2. The fraction of sp³-hybridized carbons (Fsp3) is 0.619. The second kappa shape index (κ2) is 6.93. The Hall–Kier alpha value is -2.04. The van der Waals surface area contributed by atoms with E-state index in [2.05, 4.69) is 18.3 Å². The lowest BCUT2D eigenvalue weighted by Crippen LogP contribution is -2.48. The third-order valence-corrected chi connectivity index (χ3v) is 6.70. The van der Waals surface area contributed by atoms with Crippen LogP contribution in [0.2, 0.25) is 0 Å². The number of amides is 3. The van der Waals surface area contributed by atoms with Crippen LogP contribution >= 0.6 is 0 Å². The highest BCUT2D eigenvalue weighted by Gasteiger charge is 2.41. The first-order valence-electron chi connectivity index (χ1n) is 10.0. The van der Waals surface area contributed by atoms with Gasteiger partial charge in [-0.1, -0.05) is 31.9 Å². The zero-order valence-electron chi connectivity index (χ0n) is 15.8. The molecule has 1 N–H and O–H groups in total. The zero-order chi connectivity index (χ0) is 18.3. The number of urea groups is 1. The van der Waals surface area contributed by atoms with Crippen LogP contribution in [0.25, 0.3) is 0 Å². The number of rotatable bonds is 1. The minimum absolute atomic E-state index is 0.0689. The summed E-state index contributed by atoms with van der Waals surface area (Å²) in [5.74, 6) is 0.885. The Balaban J connectivity index is 1.54. The van der Waals surface area contributed by atoms with Crippen LogP contribution in [0, 0.1) is 17.8 Å². The van der Waals surface area contributed by atoms with E-state index in [9.17, 15) is 9.59 Å². The van der Waals surface area contributed by atoms with Gasteiger partial charge in [0, 0.05) is 31.5 Å². The third kappa shape index (κ3) is 2.78. The number of nitrogens with zero attached hydrogens (tertiary/aromatic N) is 2. The number of fused-ring (bicyclic) bond motifs is 1. The molecule has 3 amide bonds. The van der Waals surface area contributed by atoms with Crippen molar-refractivity contribution in [3.05, 3.63) is 35.7 Å². The van der Waals surface area contributed by atoms with E-state index < -0.39 is 0 Å². The van der Waals surface area contributed by atoms with Crippen LogP contribution < -0.4 is 5.32 Å². The Labute approximate surface area is 155 Å². The van der Waals surface area contributed by atoms with Crippen LogP contribution in [0.3, 0.4) is 0 Å². The van der Waals surface area contributed by atoms with E-state index in [4.69, 9.17) is 0 Å². The average molecular weight is 355 g/mol. The van der Waals surface area contributed by atoms with Gasteiger partial charge in [0.05, 0.1) is 5.92 Å². The molecule has 0 spiro atoms. The van der Waals surface area contributed by atoms with Gasteiger partial charge in [0.1, 0.15) is 0 Å². The fourth-order valence-corrected chi connectivity index (χ4v) is 5.23. The molecular formula is C21H29N3O2. The van der Waals surface area contributed by atoms with E-state index in [0.29, 0.717) is 18.5 Å². The smallest absolute Gasteiger partial charge is 0.321 e. The Kier molecular flexibility index (Phi) is 4.63. The molecule has 2 aliphatic carbocycles. The lowest BCUT2D eigenvalue weighted by atomic mass is 9.77. The number of carbonyl (C=O) groups excluding carboxylic acids is 2. The molecule has 0 aromatic carbocycles. The maximum absolute atomic E-state index is 13.4. The molecule has 140 valence electrons. The largest absolute Gasteiger partial charge is 0.341 e. The Morgan fingerprint density at radius 1 is 1.23 bits per heavy atom. The van der Waals surface area contributed by atoms with E-state index in [1.807, 2.05) is 23.3 Å². The molecule has 4 atom stereocenters. The molecule has 0 saturated heterocycles. The molecule has 3 unspecified atom stereocenters. The quantitative estimate of drug-likeness (QED) is 0.784. The number of hydrogen-bond donors (Lipinski definition) is 1. The van der Waals surface area contributed by atoms with Crippen molar-refractivity contribution in [1.29, 1.82) is 0 Å². The molecule has 26 heavy (non-hydrogen) atoms. The molecule has 5 heteroatoms. The Bertz CT molecular complexity index is 693. The summed E-state index contributed by atoms with van der Waals surface area (Å²) in [5.41, 5.74) is 2.24. The van der Waals surface area contributed by atoms with Crippen LogP contribution in [0.15, 0.2) is 35.7 Å². The lowest BCUT2D eigenvalue weighted by molar-refractivity contribution is -0.136.